The van der Waals surface area contributed by atoms with Gasteiger partial charge in [-0.1, -0.05) is 24.3 Å². The molecule has 1 N–H and O–H groups in total. The fourth-order valence-corrected chi connectivity index (χ4v) is 4.58. The molecule has 2 amide bonds. The predicted octanol–water partition coefficient (Wildman–Crippen LogP) is 5.15. The number of nitrogens with one attached hydrogen (secondary N) is 1. The summed E-state index contributed by atoms with van der Waals surface area (Å²) in [6.07, 6.45) is 6.27. The van der Waals surface area contributed by atoms with Gasteiger partial charge in [-0.2, -0.15) is 0 Å². The number of aryl methyl sites for hydroxylation is 1. The fraction of sp³-hybridized carbons (Fsp3) is 0.240. The van der Waals surface area contributed by atoms with Crippen LogP contribution in [0, 0.1) is 18.7 Å². The summed E-state index contributed by atoms with van der Waals surface area (Å²) in [6.45, 7) is 3.02. The van der Waals surface area contributed by atoms with Crippen molar-refractivity contribution in [3.63, 3.8) is 0 Å². The Labute approximate surface area is 190 Å². The maximum atomic E-state index is 14.0. The molecule has 1 saturated heterocycles. The first-order valence-corrected chi connectivity index (χ1v) is 11.4. The summed E-state index contributed by atoms with van der Waals surface area (Å²) in [5.74, 6) is 0.0265. The Bertz CT molecular complexity index is 1130. The lowest BCUT2D eigenvalue weighted by atomic mass is 9.96. The number of pyridine rings is 1. The topological polar surface area (TPSA) is 62.3 Å². The van der Waals surface area contributed by atoms with E-state index in [0.29, 0.717) is 37.3 Å². The van der Waals surface area contributed by atoms with Crippen LogP contribution in [0.2, 0.25) is 0 Å². The third-order valence-corrected chi connectivity index (χ3v) is 6.58. The van der Waals surface area contributed by atoms with Crippen LogP contribution in [0.5, 0.6) is 0 Å². The minimum Gasteiger partial charge on any atom is -0.339 e. The number of thiophene rings is 1. The SMILES string of the molecule is Cc1ccc(NC(=O)C2CCN(C(=O)/C=C/c3ccc(-c4ccccc4F)s3)CC2)nc1. The zero-order valence-corrected chi connectivity index (χ0v) is 18.6. The summed E-state index contributed by atoms with van der Waals surface area (Å²) in [6, 6.07) is 14.1. The van der Waals surface area contributed by atoms with Crippen molar-refractivity contribution in [2.75, 3.05) is 18.4 Å². The first-order chi connectivity index (χ1) is 15.5. The van der Waals surface area contributed by atoms with Crippen LogP contribution in [0.1, 0.15) is 23.3 Å². The molecule has 0 spiro atoms. The van der Waals surface area contributed by atoms with E-state index in [1.54, 1.807) is 47.5 Å². The maximum Gasteiger partial charge on any atom is 0.246 e. The van der Waals surface area contributed by atoms with E-state index >= 15 is 0 Å². The van der Waals surface area contributed by atoms with Gasteiger partial charge in [-0.25, -0.2) is 9.37 Å². The lowest BCUT2D eigenvalue weighted by Gasteiger charge is -2.30. The Morgan fingerprint density at radius 1 is 1.12 bits per heavy atom. The Kier molecular flexibility index (Phi) is 6.75. The molecule has 5 nitrogen and oxygen atoms in total. The number of benzene rings is 1. The number of halogens is 1. The van der Waals surface area contributed by atoms with Crippen molar-refractivity contribution in [2.24, 2.45) is 5.92 Å². The van der Waals surface area contributed by atoms with Crippen LogP contribution < -0.4 is 5.32 Å². The summed E-state index contributed by atoms with van der Waals surface area (Å²) in [5.41, 5.74) is 1.60. The molecule has 0 atom stereocenters. The number of aromatic nitrogens is 1. The van der Waals surface area contributed by atoms with Gasteiger partial charge >= 0.3 is 0 Å². The molecule has 0 saturated carbocycles. The molecule has 7 heteroatoms. The van der Waals surface area contributed by atoms with Gasteiger partial charge in [0.15, 0.2) is 0 Å². The lowest BCUT2D eigenvalue weighted by molar-refractivity contribution is -0.130. The van der Waals surface area contributed by atoms with E-state index in [4.69, 9.17) is 0 Å². The maximum absolute atomic E-state index is 14.0. The van der Waals surface area contributed by atoms with Crippen LogP contribution >= 0.6 is 11.3 Å². The Hall–Kier alpha value is -3.32. The number of amides is 2. The average Bonchev–Trinajstić information content (AvgIpc) is 3.28. The van der Waals surface area contributed by atoms with Gasteiger partial charge < -0.3 is 10.2 Å². The minimum absolute atomic E-state index is 0.0525. The van der Waals surface area contributed by atoms with Crippen LogP contribution in [0.3, 0.4) is 0 Å². The molecule has 1 fully saturated rings. The van der Waals surface area contributed by atoms with Crippen LogP contribution in [0.25, 0.3) is 16.5 Å². The molecular weight excluding hydrogens is 425 g/mol. The second kappa shape index (κ2) is 9.87. The molecule has 1 aliphatic heterocycles. The zero-order valence-electron chi connectivity index (χ0n) is 17.8. The van der Waals surface area contributed by atoms with Gasteiger partial charge in [-0.15, -0.1) is 11.3 Å². The fourth-order valence-electron chi connectivity index (χ4n) is 3.64. The molecule has 0 aliphatic carbocycles. The van der Waals surface area contributed by atoms with Gasteiger partial charge in [0.05, 0.1) is 0 Å². The third kappa shape index (κ3) is 5.29. The van der Waals surface area contributed by atoms with Crippen molar-refractivity contribution in [3.8, 4) is 10.4 Å². The smallest absolute Gasteiger partial charge is 0.246 e. The van der Waals surface area contributed by atoms with E-state index in [-0.39, 0.29) is 23.5 Å². The number of hydrogen-bond acceptors (Lipinski definition) is 4. The van der Waals surface area contributed by atoms with Crippen molar-refractivity contribution in [1.82, 2.24) is 9.88 Å². The van der Waals surface area contributed by atoms with Gasteiger partial charge in [0.1, 0.15) is 11.6 Å². The van der Waals surface area contributed by atoms with E-state index in [1.165, 1.54) is 17.4 Å². The number of hydrogen-bond donors (Lipinski definition) is 1. The number of anilines is 1. The Morgan fingerprint density at radius 3 is 2.62 bits per heavy atom. The number of carbonyl (C=O) groups is 2. The lowest BCUT2D eigenvalue weighted by Crippen LogP contribution is -2.40. The van der Waals surface area contributed by atoms with Gasteiger partial charge in [-0.3, -0.25) is 9.59 Å². The number of nitrogens with zero attached hydrogens (tertiary/aromatic N) is 2. The molecule has 0 radical (unpaired) electrons. The van der Waals surface area contributed by atoms with E-state index < -0.39 is 0 Å². The summed E-state index contributed by atoms with van der Waals surface area (Å²) in [5, 5.41) is 2.86. The van der Waals surface area contributed by atoms with Crippen molar-refractivity contribution < 1.29 is 14.0 Å². The average molecular weight is 450 g/mol. The highest BCUT2D eigenvalue weighted by molar-refractivity contribution is 7.16. The van der Waals surface area contributed by atoms with Crippen molar-refractivity contribution in [3.05, 3.63) is 77.1 Å². The molecule has 1 aliphatic rings. The molecule has 1 aromatic carbocycles. The van der Waals surface area contributed by atoms with E-state index in [2.05, 4.69) is 10.3 Å². The van der Waals surface area contributed by atoms with E-state index in [1.807, 2.05) is 25.1 Å². The van der Waals surface area contributed by atoms with Crippen LogP contribution in [-0.4, -0.2) is 34.8 Å². The number of likely N-dealkylation sites (tertiary alicyclic amines) is 1. The van der Waals surface area contributed by atoms with Crippen molar-refractivity contribution in [2.45, 2.75) is 19.8 Å². The quantitative estimate of drug-likeness (QED) is 0.548. The van der Waals surface area contributed by atoms with Crippen LogP contribution in [-0.2, 0) is 9.59 Å². The molecular formula is C25H24FN3O2S. The zero-order chi connectivity index (χ0) is 22.5. The second-order valence-corrected chi connectivity index (χ2v) is 8.94. The predicted molar refractivity (Wildman–Crippen MR) is 126 cm³/mol. The van der Waals surface area contributed by atoms with Gasteiger partial charge in [0, 0.05) is 46.6 Å². The first-order valence-electron chi connectivity index (χ1n) is 10.5. The molecule has 3 aromatic rings. The summed E-state index contributed by atoms with van der Waals surface area (Å²) in [7, 11) is 0. The second-order valence-electron chi connectivity index (χ2n) is 7.82. The van der Waals surface area contributed by atoms with Gasteiger partial charge in [0.2, 0.25) is 11.8 Å². The van der Waals surface area contributed by atoms with E-state index in [0.717, 1.165) is 15.3 Å². The highest BCUT2D eigenvalue weighted by atomic mass is 32.1. The van der Waals surface area contributed by atoms with Gasteiger partial charge in [0.25, 0.3) is 0 Å². The molecule has 32 heavy (non-hydrogen) atoms. The largest absolute Gasteiger partial charge is 0.339 e. The summed E-state index contributed by atoms with van der Waals surface area (Å²) >= 11 is 1.44. The molecule has 4 rings (SSSR count). The summed E-state index contributed by atoms with van der Waals surface area (Å²) < 4.78 is 14.0. The van der Waals surface area contributed by atoms with E-state index in [9.17, 15) is 14.0 Å². The first kappa shape index (κ1) is 21.9. The minimum atomic E-state index is -0.258. The molecule has 0 unspecified atom stereocenters. The van der Waals surface area contributed by atoms with Gasteiger partial charge in [-0.05, 0) is 55.7 Å². The Morgan fingerprint density at radius 2 is 1.91 bits per heavy atom. The Balaban J connectivity index is 1.29. The van der Waals surface area contributed by atoms with Crippen LogP contribution in [0.15, 0.2) is 60.8 Å². The van der Waals surface area contributed by atoms with Crippen LogP contribution in [0.4, 0.5) is 10.2 Å². The summed E-state index contributed by atoms with van der Waals surface area (Å²) in [4.78, 5) is 32.7. The van der Waals surface area contributed by atoms with Crippen molar-refractivity contribution in [1.29, 1.82) is 0 Å². The highest BCUT2D eigenvalue weighted by Gasteiger charge is 2.26. The number of carbonyl (C=O) groups excluding carboxylic acids is 2. The molecule has 0 bridgehead atoms. The number of piperidine rings is 1. The third-order valence-electron chi connectivity index (χ3n) is 5.50. The molecule has 164 valence electrons. The number of rotatable bonds is 5. The molecule has 3 heterocycles. The monoisotopic (exact) mass is 449 g/mol. The normalized spacial score (nSPS) is 14.6. The standard InChI is InChI=1S/C25H24FN3O2S/c1-17-6-10-23(27-16-17)28-25(31)18-12-14-29(15-13-18)24(30)11-8-19-7-9-22(32-19)20-4-2-3-5-21(20)26/h2-11,16,18H,12-15H2,1H3,(H,27,28,31)/b11-8+. The van der Waals surface area contributed by atoms with Crippen molar-refractivity contribution >= 4 is 35.0 Å². The highest BCUT2D eigenvalue weighted by Crippen LogP contribution is 2.30. The molecule has 2 aromatic heterocycles.